The van der Waals surface area contributed by atoms with Crippen LogP contribution in [-0.4, -0.2) is 45.4 Å². The summed E-state index contributed by atoms with van der Waals surface area (Å²) >= 11 is 0. The van der Waals surface area contributed by atoms with Crippen LogP contribution in [0.3, 0.4) is 0 Å². The molecule has 0 aliphatic carbocycles. The van der Waals surface area contributed by atoms with Gasteiger partial charge in [0.25, 0.3) is 0 Å². The number of hydrogen-bond acceptors (Lipinski definition) is 6. The smallest absolute Gasteiger partial charge is 0.414 e. The Labute approximate surface area is 179 Å². The van der Waals surface area contributed by atoms with Gasteiger partial charge in [-0.15, -0.1) is 0 Å². The van der Waals surface area contributed by atoms with Crippen LogP contribution in [-0.2, 0) is 23.2 Å². The van der Waals surface area contributed by atoms with Gasteiger partial charge in [-0.1, -0.05) is 30.3 Å². The highest BCUT2D eigenvalue weighted by atomic mass is 16.5. The van der Waals surface area contributed by atoms with E-state index in [1.807, 2.05) is 67.2 Å². The highest BCUT2D eigenvalue weighted by molar-refractivity contribution is 6.27. The molecule has 0 aliphatic heterocycles. The summed E-state index contributed by atoms with van der Waals surface area (Å²) in [7, 11) is 3.67. The van der Waals surface area contributed by atoms with E-state index in [0.717, 1.165) is 34.3 Å². The maximum absolute atomic E-state index is 9.10. The fourth-order valence-corrected chi connectivity index (χ4v) is 2.74. The Morgan fingerprint density at radius 2 is 1.81 bits per heavy atom. The first-order chi connectivity index (χ1) is 14.9. The van der Waals surface area contributed by atoms with Crippen LogP contribution in [0.15, 0.2) is 54.7 Å². The van der Waals surface area contributed by atoms with Crippen molar-refractivity contribution in [2.75, 3.05) is 19.0 Å². The van der Waals surface area contributed by atoms with E-state index < -0.39 is 11.9 Å². The van der Waals surface area contributed by atoms with Gasteiger partial charge in [-0.05, 0) is 25.1 Å². The lowest BCUT2D eigenvalue weighted by Gasteiger charge is -2.12. The van der Waals surface area contributed by atoms with Crippen molar-refractivity contribution in [3.63, 3.8) is 0 Å². The number of imidazole rings is 1. The molecule has 0 spiro atoms. The van der Waals surface area contributed by atoms with E-state index in [9.17, 15) is 0 Å². The number of benzene rings is 2. The van der Waals surface area contributed by atoms with Gasteiger partial charge in [0.1, 0.15) is 11.5 Å². The molecule has 164 valence electrons. The average Bonchev–Trinajstić information content (AvgIpc) is 3.14. The Morgan fingerprint density at radius 1 is 1.10 bits per heavy atom. The molecule has 1 heterocycles. The van der Waals surface area contributed by atoms with Crippen molar-refractivity contribution in [3.05, 3.63) is 60.3 Å². The molecule has 1 aromatic heterocycles. The second kappa shape index (κ2) is 11.2. The van der Waals surface area contributed by atoms with Crippen molar-refractivity contribution < 1.29 is 29.3 Å². The number of carboxylic acids is 2. The fraction of sp³-hybridized carbons (Fsp3) is 0.227. The van der Waals surface area contributed by atoms with Crippen molar-refractivity contribution in [1.82, 2.24) is 9.55 Å². The monoisotopic (exact) mass is 427 g/mol. The van der Waals surface area contributed by atoms with Gasteiger partial charge in [0.15, 0.2) is 0 Å². The van der Waals surface area contributed by atoms with Crippen molar-refractivity contribution >= 4 is 17.9 Å². The Kier molecular flexibility index (Phi) is 8.44. The summed E-state index contributed by atoms with van der Waals surface area (Å²) in [4.78, 5) is 22.7. The summed E-state index contributed by atoms with van der Waals surface area (Å²) in [5, 5.41) is 18.2. The molecular weight excluding hydrogens is 402 g/mol. The number of hydrogen-bond donors (Lipinski definition) is 3. The van der Waals surface area contributed by atoms with Crippen LogP contribution in [0.5, 0.6) is 11.5 Å². The van der Waals surface area contributed by atoms with Crippen molar-refractivity contribution in [2.45, 2.75) is 13.5 Å². The van der Waals surface area contributed by atoms with Gasteiger partial charge < -0.3 is 29.6 Å². The molecule has 31 heavy (non-hydrogen) atoms. The minimum absolute atomic E-state index is 0.651. The second-order valence-electron chi connectivity index (χ2n) is 6.26. The maximum atomic E-state index is 9.10. The number of aliphatic carboxylic acids is 2. The van der Waals surface area contributed by atoms with Gasteiger partial charge >= 0.3 is 11.9 Å². The quantitative estimate of drug-likeness (QED) is 0.491. The Balaban J connectivity index is 0.000000501. The van der Waals surface area contributed by atoms with E-state index in [4.69, 9.17) is 29.3 Å². The number of para-hydroxylation sites is 1. The fourth-order valence-electron chi connectivity index (χ4n) is 2.74. The predicted octanol–water partition coefficient (Wildman–Crippen LogP) is 3.26. The predicted molar refractivity (Wildman–Crippen MR) is 115 cm³/mol. The third kappa shape index (κ3) is 6.49. The Morgan fingerprint density at radius 3 is 2.45 bits per heavy atom. The lowest BCUT2D eigenvalue weighted by molar-refractivity contribution is -0.159. The Hall–Kier alpha value is -4.01. The van der Waals surface area contributed by atoms with Crippen LogP contribution in [0.2, 0.25) is 0 Å². The maximum Gasteiger partial charge on any atom is 0.414 e. The standard InChI is InChI=1S/C20H23N3O2.C2H2O4/c1-4-25-19-11-6-5-8-16(19)13-21-20-22-14-18(23(20)2)15-9-7-10-17(12-15)24-3;3-1(4)2(5)6/h5-12,14H,4,13H2,1-3H3,(H,21,22);(H,3,4)(H,5,6). The van der Waals surface area contributed by atoms with Crippen molar-refractivity contribution in [1.29, 1.82) is 0 Å². The van der Waals surface area contributed by atoms with Crippen LogP contribution in [0.4, 0.5) is 5.95 Å². The normalized spacial score (nSPS) is 9.90. The molecule has 3 N–H and O–H groups in total. The molecule has 0 saturated carbocycles. The third-order valence-corrected chi connectivity index (χ3v) is 4.25. The number of ether oxygens (including phenoxy) is 2. The third-order valence-electron chi connectivity index (χ3n) is 4.25. The molecule has 3 aromatic rings. The summed E-state index contributed by atoms with van der Waals surface area (Å²) in [6.45, 7) is 3.29. The molecule has 0 bridgehead atoms. The van der Waals surface area contributed by atoms with E-state index in [2.05, 4.69) is 16.4 Å². The zero-order chi connectivity index (χ0) is 22.8. The molecule has 0 unspecified atom stereocenters. The highest BCUT2D eigenvalue weighted by Crippen LogP contribution is 2.26. The number of methoxy groups -OCH3 is 1. The van der Waals surface area contributed by atoms with Crippen LogP contribution < -0.4 is 14.8 Å². The molecular formula is C22H25N3O6. The Bertz CT molecular complexity index is 1020. The minimum atomic E-state index is -1.82. The largest absolute Gasteiger partial charge is 0.497 e. The number of rotatable bonds is 7. The number of nitrogens with zero attached hydrogens (tertiary/aromatic N) is 2. The van der Waals surface area contributed by atoms with E-state index in [-0.39, 0.29) is 0 Å². The van der Waals surface area contributed by atoms with Crippen molar-refractivity contribution in [2.24, 2.45) is 7.05 Å². The summed E-state index contributed by atoms with van der Waals surface area (Å²) in [5.41, 5.74) is 3.20. The summed E-state index contributed by atoms with van der Waals surface area (Å²) in [6, 6.07) is 16.0. The molecule has 0 atom stereocenters. The minimum Gasteiger partial charge on any atom is -0.497 e. The molecule has 9 heteroatoms. The van der Waals surface area contributed by atoms with Gasteiger partial charge in [0.05, 0.1) is 25.6 Å². The van der Waals surface area contributed by atoms with Gasteiger partial charge in [-0.25, -0.2) is 14.6 Å². The number of anilines is 1. The second-order valence-corrected chi connectivity index (χ2v) is 6.26. The van der Waals surface area contributed by atoms with Crippen LogP contribution >= 0.6 is 0 Å². The molecule has 0 amide bonds. The number of carbonyl (C=O) groups is 2. The number of carboxylic acid groups (broad SMARTS) is 2. The summed E-state index contributed by atoms with van der Waals surface area (Å²) in [6.07, 6.45) is 1.87. The first-order valence-electron chi connectivity index (χ1n) is 9.44. The van der Waals surface area contributed by atoms with E-state index in [0.29, 0.717) is 13.2 Å². The van der Waals surface area contributed by atoms with E-state index in [1.54, 1.807) is 7.11 Å². The summed E-state index contributed by atoms with van der Waals surface area (Å²) < 4.78 is 13.0. The zero-order valence-electron chi connectivity index (χ0n) is 17.5. The lowest BCUT2D eigenvalue weighted by atomic mass is 10.1. The van der Waals surface area contributed by atoms with Crippen LogP contribution in [0, 0.1) is 0 Å². The van der Waals surface area contributed by atoms with Gasteiger partial charge in [-0.2, -0.15) is 0 Å². The average molecular weight is 427 g/mol. The van der Waals surface area contributed by atoms with Crippen LogP contribution in [0.1, 0.15) is 12.5 Å². The first-order valence-corrected chi connectivity index (χ1v) is 9.44. The molecule has 2 aromatic carbocycles. The topological polar surface area (TPSA) is 123 Å². The van der Waals surface area contributed by atoms with Gasteiger partial charge in [0.2, 0.25) is 5.95 Å². The van der Waals surface area contributed by atoms with E-state index >= 15 is 0 Å². The number of aromatic nitrogens is 2. The number of nitrogens with one attached hydrogen (secondary N) is 1. The molecule has 0 radical (unpaired) electrons. The van der Waals surface area contributed by atoms with Crippen LogP contribution in [0.25, 0.3) is 11.3 Å². The molecule has 0 aliphatic rings. The SMILES string of the molecule is CCOc1ccccc1CNc1ncc(-c2cccc(OC)c2)n1C.O=C(O)C(=O)O. The molecule has 0 saturated heterocycles. The van der Waals surface area contributed by atoms with E-state index in [1.165, 1.54) is 0 Å². The lowest BCUT2D eigenvalue weighted by Crippen LogP contribution is -2.09. The van der Waals surface area contributed by atoms with Gasteiger partial charge in [-0.3, -0.25) is 0 Å². The van der Waals surface area contributed by atoms with Crippen molar-refractivity contribution in [3.8, 4) is 22.8 Å². The molecule has 3 rings (SSSR count). The zero-order valence-corrected chi connectivity index (χ0v) is 17.5. The molecule has 0 fully saturated rings. The van der Waals surface area contributed by atoms with Gasteiger partial charge in [0, 0.05) is 24.7 Å². The summed E-state index contributed by atoms with van der Waals surface area (Å²) in [5.74, 6) is -1.10. The first kappa shape index (κ1) is 23.3. The highest BCUT2D eigenvalue weighted by Gasteiger charge is 2.10. The molecule has 9 nitrogen and oxygen atoms in total.